The predicted molar refractivity (Wildman–Crippen MR) is 103 cm³/mol. The van der Waals surface area contributed by atoms with Crippen molar-refractivity contribution in [1.29, 1.82) is 0 Å². The van der Waals surface area contributed by atoms with Gasteiger partial charge in [-0.15, -0.1) is 11.3 Å². The zero-order valence-corrected chi connectivity index (χ0v) is 15.4. The van der Waals surface area contributed by atoms with Gasteiger partial charge in [-0.3, -0.25) is 9.78 Å². The smallest absolute Gasteiger partial charge is 0.267 e. The quantitative estimate of drug-likeness (QED) is 0.762. The Morgan fingerprint density at radius 3 is 2.73 bits per heavy atom. The number of thiazole rings is 1. The van der Waals surface area contributed by atoms with E-state index in [1.807, 2.05) is 19.1 Å². The van der Waals surface area contributed by atoms with E-state index in [1.54, 1.807) is 40.5 Å². The summed E-state index contributed by atoms with van der Waals surface area (Å²) in [6.07, 6.45) is 7.39. The molecule has 1 aliphatic carbocycles. The van der Waals surface area contributed by atoms with Crippen LogP contribution in [0.3, 0.4) is 0 Å². The van der Waals surface area contributed by atoms with Gasteiger partial charge in [0.15, 0.2) is 5.13 Å². The fraction of sp³-hybridized carbons (Fsp3) is 0.368. The van der Waals surface area contributed by atoms with E-state index in [0.29, 0.717) is 6.04 Å². The number of pyridine rings is 1. The molecule has 0 bridgehead atoms. The standard InChI is InChI=1S/C19H21N5OS/c1-13-12-26-19(21-13)22-15-4-6-16(7-5-15)24-18(25)9-8-17(23-24)14-3-2-10-20-11-14/h2-3,8-12,15-16H,4-7H2,1H3,(H,21,22). The predicted octanol–water partition coefficient (Wildman–Crippen LogP) is 3.67. The zero-order valence-electron chi connectivity index (χ0n) is 14.6. The van der Waals surface area contributed by atoms with Crippen molar-refractivity contribution in [2.75, 3.05) is 5.32 Å². The number of rotatable bonds is 4. The Bertz CT molecular complexity index is 928. The first-order chi connectivity index (χ1) is 12.7. The highest BCUT2D eigenvalue weighted by Gasteiger charge is 2.24. The van der Waals surface area contributed by atoms with Gasteiger partial charge < -0.3 is 5.32 Å². The van der Waals surface area contributed by atoms with Crippen molar-refractivity contribution in [1.82, 2.24) is 19.7 Å². The number of nitrogens with zero attached hydrogens (tertiary/aromatic N) is 4. The second kappa shape index (κ2) is 7.37. The SMILES string of the molecule is Cc1csc(NC2CCC(n3nc(-c4cccnc4)ccc3=O)CC2)n1. The van der Waals surface area contributed by atoms with Crippen LogP contribution in [-0.2, 0) is 0 Å². The average molecular weight is 367 g/mol. The summed E-state index contributed by atoms with van der Waals surface area (Å²) in [5.74, 6) is 0. The summed E-state index contributed by atoms with van der Waals surface area (Å²) >= 11 is 1.65. The van der Waals surface area contributed by atoms with Crippen LogP contribution in [0.4, 0.5) is 5.13 Å². The third kappa shape index (κ3) is 3.67. The monoisotopic (exact) mass is 367 g/mol. The van der Waals surface area contributed by atoms with Crippen LogP contribution in [0.15, 0.2) is 46.8 Å². The minimum absolute atomic E-state index is 0.0374. The number of nitrogens with one attached hydrogen (secondary N) is 1. The van der Waals surface area contributed by atoms with Crippen molar-refractivity contribution in [3.05, 3.63) is 58.1 Å². The van der Waals surface area contributed by atoms with E-state index < -0.39 is 0 Å². The van der Waals surface area contributed by atoms with Gasteiger partial charge in [0.2, 0.25) is 0 Å². The maximum Gasteiger partial charge on any atom is 0.267 e. The maximum atomic E-state index is 12.3. The molecule has 26 heavy (non-hydrogen) atoms. The van der Waals surface area contributed by atoms with E-state index >= 15 is 0 Å². The minimum Gasteiger partial charge on any atom is -0.359 e. The van der Waals surface area contributed by atoms with Crippen LogP contribution < -0.4 is 10.9 Å². The molecule has 7 heteroatoms. The lowest BCUT2D eigenvalue weighted by Gasteiger charge is -2.29. The van der Waals surface area contributed by atoms with Crippen molar-refractivity contribution in [3.63, 3.8) is 0 Å². The van der Waals surface area contributed by atoms with Crippen molar-refractivity contribution >= 4 is 16.5 Å². The molecule has 1 N–H and O–H groups in total. The van der Waals surface area contributed by atoms with Gasteiger partial charge in [-0.25, -0.2) is 9.67 Å². The lowest BCUT2D eigenvalue weighted by Crippen LogP contribution is -2.33. The van der Waals surface area contributed by atoms with Gasteiger partial charge in [0.05, 0.1) is 17.4 Å². The molecule has 0 spiro atoms. The van der Waals surface area contributed by atoms with Crippen LogP contribution in [0.1, 0.15) is 37.4 Å². The van der Waals surface area contributed by atoms with Crippen molar-refractivity contribution in [3.8, 4) is 11.3 Å². The van der Waals surface area contributed by atoms with Crippen LogP contribution in [0.25, 0.3) is 11.3 Å². The molecule has 0 aromatic carbocycles. The largest absolute Gasteiger partial charge is 0.359 e. The summed E-state index contributed by atoms with van der Waals surface area (Å²) in [5, 5.41) is 11.2. The van der Waals surface area contributed by atoms with E-state index in [4.69, 9.17) is 0 Å². The molecule has 3 aromatic rings. The van der Waals surface area contributed by atoms with E-state index in [0.717, 1.165) is 47.8 Å². The third-order valence-electron chi connectivity index (χ3n) is 4.77. The molecular formula is C19H21N5OS. The Labute approximate surface area is 156 Å². The fourth-order valence-electron chi connectivity index (χ4n) is 3.41. The van der Waals surface area contributed by atoms with Gasteiger partial charge >= 0.3 is 0 Å². The van der Waals surface area contributed by atoms with Crippen molar-refractivity contribution in [2.45, 2.75) is 44.7 Å². The molecular weight excluding hydrogens is 346 g/mol. The molecule has 0 amide bonds. The highest BCUT2D eigenvalue weighted by atomic mass is 32.1. The Balaban J connectivity index is 1.46. The normalized spacial score (nSPS) is 20.0. The van der Waals surface area contributed by atoms with Crippen LogP contribution >= 0.6 is 11.3 Å². The summed E-state index contributed by atoms with van der Waals surface area (Å²) < 4.78 is 1.66. The van der Waals surface area contributed by atoms with E-state index in [9.17, 15) is 4.79 Å². The van der Waals surface area contributed by atoms with Gasteiger partial charge in [-0.2, -0.15) is 5.10 Å². The molecule has 6 nitrogen and oxygen atoms in total. The van der Waals surface area contributed by atoms with E-state index in [-0.39, 0.29) is 11.6 Å². The highest BCUT2D eigenvalue weighted by molar-refractivity contribution is 7.13. The molecule has 0 unspecified atom stereocenters. The molecule has 1 fully saturated rings. The lowest BCUT2D eigenvalue weighted by molar-refractivity contribution is 0.304. The topological polar surface area (TPSA) is 72.7 Å². The minimum atomic E-state index is -0.0374. The Morgan fingerprint density at radius 1 is 1.19 bits per heavy atom. The molecule has 1 saturated carbocycles. The molecule has 0 atom stereocenters. The molecule has 1 aliphatic rings. The molecule has 3 aromatic heterocycles. The third-order valence-corrected chi connectivity index (χ3v) is 5.66. The summed E-state index contributed by atoms with van der Waals surface area (Å²) in [7, 11) is 0. The van der Waals surface area contributed by atoms with Crippen LogP contribution in [0.5, 0.6) is 0 Å². The van der Waals surface area contributed by atoms with Crippen LogP contribution in [0.2, 0.25) is 0 Å². The Kier molecular flexibility index (Phi) is 4.79. The fourth-order valence-corrected chi connectivity index (χ4v) is 4.18. The molecule has 134 valence electrons. The Hall–Kier alpha value is -2.54. The first-order valence-corrected chi connectivity index (χ1v) is 9.76. The van der Waals surface area contributed by atoms with E-state index in [1.165, 1.54) is 0 Å². The van der Waals surface area contributed by atoms with Crippen LogP contribution in [-0.4, -0.2) is 25.8 Å². The first-order valence-electron chi connectivity index (χ1n) is 8.88. The second-order valence-electron chi connectivity index (χ2n) is 6.69. The lowest BCUT2D eigenvalue weighted by atomic mass is 9.91. The number of anilines is 1. The first kappa shape index (κ1) is 16.9. The van der Waals surface area contributed by atoms with Gasteiger partial charge in [0, 0.05) is 35.4 Å². The van der Waals surface area contributed by atoms with Gasteiger partial charge in [-0.05, 0) is 50.8 Å². The molecule has 3 heterocycles. The number of aryl methyl sites for hydroxylation is 1. The van der Waals surface area contributed by atoms with Crippen LogP contribution in [0, 0.1) is 6.92 Å². The van der Waals surface area contributed by atoms with Gasteiger partial charge in [0.25, 0.3) is 5.56 Å². The molecule has 0 aliphatic heterocycles. The number of hydrogen-bond donors (Lipinski definition) is 1. The van der Waals surface area contributed by atoms with Gasteiger partial charge in [-0.1, -0.05) is 0 Å². The number of hydrogen-bond acceptors (Lipinski definition) is 6. The van der Waals surface area contributed by atoms with Crippen molar-refractivity contribution < 1.29 is 0 Å². The zero-order chi connectivity index (χ0) is 17.9. The summed E-state index contributed by atoms with van der Waals surface area (Å²) in [6.45, 7) is 2.01. The molecule has 0 radical (unpaired) electrons. The molecule has 0 saturated heterocycles. The maximum absolute atomic E-state index is 12.3. The Morgan fingerprint density at radius 2 is 2.04 bits per heavy atom. The second-order valence-corrected chi connectivity index (χ2v) is 7.55. The summed E-state index contributed by atoms with van der Waals surface area (Å²) in [5.41, 5.74) is 2.73. The van der Waals surface area contributed by atoms with E-state index in [2.05, 4.69) is 25.8 Å². The van der Waals surface area contributed by atoms with Gasteiger partial charge in [0.1, 0.15) is 0 Å². The highest BCUT2D eigenvalue weighted by Crippen LogP contribution is 2.30. The summed E-state index contributed by atoms with van der Waals surface area (Å²) in [4.78, 5) is 20.9. The summed E-state index contributed by atoms with van der Waals surface area (Å²) in [6, 6.07) is 7.78. The number of aromatic nitrogens is 4. The average Bonchev–Trinajstić information content (AvgIpc) is 3.08. The molecule has 4 rings (SSSR count). The van der Waals surface area contributed by atoms with Crippen molar-refractivity contribution in [2.24, 2.45) is 0 Å².